The van der Waals surface area contributed by atoms with Crippen LogP contribution in [0.5, 0.6) is 0 Å². The van der Waals surface area contributed by atoms with Crippen molar-refractivity contribution in [2.45, 2.75) is 45.5 Å². The van der Waals surface area contributed by atoms with Crippen LogP contribution in [-0.2, 0) is 4.79 Å². The lowest BCUT2D eigenvalue weighted by Crippen LogP contribution is -2.41. The maximum Gasteiger partial charge on any atom is 0.390 e. The van der Waals surface area contributed by atoms with Crippen molar-refractivity contribution in [1.82, 2.24) is 10.6 Å². The predicted molar refractivity (Wildman–Crippen MR) is 51.4 cm³/mol. The van der Waals surface area contributed by atoms with Crippen molar-refractivity contribution in [2.75, 3.05) is 6.54 Å². The molecule has 0 aromatic heterocycles. The second-order valence-corrected chi connectivity index (χ2v) is 3.82. The minimum atomic E-state index is -4.19. The monoisotopic (exact) mass is 226 g/mol. The van der Waals surface area contributed by atoms with Gasteiger partial charge < -0.3 is 10.6 Å². The summed E-state index contributed by atoms with van der Waals surface area (Å²) < 4.78 is 35.7. The quantitative estimate of drug-likeness (QED) is 0.744. The Kier molecular flexibility index (Phi) is 5.64. The van der Waals surface area contributed by atoms with Gasteiger partial charge >= 0.3 is 6.18 Å². The molecule has 2 N–H and O–H groups in total. The topological polar surface area (TPSA) is 41.1 Å². The van der Waals surface area contributed by atoms with Crippen LogP contribution in [0.15, 0.2) is 0 Å². The molecule has 0 aliphatic heterocycles. The Morgan fingerprint density at radius 2 is 1.80 bits per heavy atom. The number of carbonyl (C=O) groups is 1. The molecule has 90 valence electrons. The molecule has 0 heterocycles. The third-order valence-corrected chi connectivity index (χ3v) is 1.60. The van der Waals surface area contributed by atoms with Gasteiger partial charge in [-0.3, -0.25) is 4.79 Å². The summed E-state index contributed by atoms with van der Waals surface area (Å²) in [5.74, 6) is -0.293. The van der Waals surface area contributed by atoms with Crippen molar-refractivity contribution in [3.05, 3.63) is 0 Å². The van der Waals surface area contributed by atoms with Gasteiger partial charge in [-0.2, -0.15) is 13.2 Å². The van der Waals surface area contributed by atoms with Gasteiger partial charge in [0.25, 0.3) is 0 Å². The van der Waals surface area contributed by atoms with Crippen molar-refractivity contribution < 1.29 is 18.0 Å². The Balaban J connectivity index is 3.71. The van der Waals surface area contributed by atoms with Gasteiger partial charge in [0.2, 0.25) is 5.91 Å². The van der Waals surface area contributed by atoms with E-state index >= 15 is 0 Å². The molecule has 1 atom stereocenters. The van der Waals surface area contributed by atoms with Crippen molar-refractivity contribution in [2.24, 2.45) is 0 Å². The first kappa shape index (κ1) is 14.2. The maximum atomic E-state index is 11.9. The molecule has 0 fully saturated rings. The van der Waals surface area contributed by atoms with Gasteiger partial charge in [0.05, 0.1) is 13.0 Å². The highest BCUT2D eigenvalue weighted by molar-refractivity contribution is 5.78. The second kappa shape index (κ2) is 5.95. The Morgan fingerprint density at radius 3 is 2.20 bits per heavy atom. The lowest BCUT2D eigenvalue weighted by atomic mass is 10.2. The highest BCUT2D eigenvalue weighted by Gasteiger charge is 2.29. The summed E-state index contributed by atoms with van der Waals surface area (Å²) in [4.78, 5) is 11.1. The van der Waals surface area contributed by atoms with Crippen molar-refractivity contribution >= 4 is 5.91 Å². The molecule has 0 aliphatic carbocycles. The van der Waals surface area contributed by atoms with E-state index in [1.165, 1.54) is 6.92 Å². The summed E-state index contributed by atoms with van der Waals surface area (Å²) in [5.41, 5.74) is 0. The van der Waals surface area contributed by atoms with Gasteiger partial charge in [0, 0.05) is 12.1 Å². The zero-order chi connectivity index (χ0) is 12.1. The van der Waals surface area contributed by atoms with E-state index in [1.54, 1.807) is 13.8 Å². The minimum absolute atomic E-state index is 0.00257. The Labute approximate surface area is 87.4 Å². The molecule has 0 aromatic rings. The molecule has 3 nitrogen and oxygen atoms in total. The number of amides is 1. The van der Waals surface area contributed by atoms with Crippen molar-refractivity contribution in [3.63, 3.8) is 0 Å². The molecular formula is C9H17F3N2O. The third kappa shape index (κ3) is 9.52. The third-order valence-electron chi connectivity index (χ3n) is 1.60. The van der Waals surface area contributed by atoms with E-state index in [1.807, 2.05) is 0 Å². The van der Waals surface area contributed by atoms with Gasteiger partial charge in [-0.1, -0.05) is 0 Å². The average molecular weight is 226 g/mol. The fourth-order valence-electron chi connectivity index (χ4n) is 1.06. The molecule has 6 heteroatoms. The maximum absolute atomic E-state index is 11.9. The normalized spacial score (nSPS) is 14.1. The summed E-state index contributed by atoms with van der Waals surface area (Å²) >= 11 is 0. The number of rotatable bonds is 5. The second-order valence-electron chi connectivity index (χ2n) is 3.82. The number of hydrogen-bond acceptors (Lipinski definition) is 2. The molecule has 0 aliphatic rings. The Bertz CT molecular complexity index is 204. The van der Waals surface area contributed by atoms with Gasteiger partial charge in [0.15, 0.2) is 0 Å². The number of hydrogen-bond donors (Lipinski definition) is 2. The van der Waals surface area contributed by atoms with Crippen molar-refractivity contribution in [3.8, 4) is 0 Å². The molecule has 0 rings (SSSR count). The van der Waals surface area contributed by atoms with Gasteiger partial charge in [-0.05, 0) is 20.8 Å². The minimum Gasteiger partial charge on any atom is -0.353 e. The van der Waals surface area contributed by atoms with E-state index in [0.717, 1.165) is 0 Å². The van der Waals surface area contributed by atoms with Crippen LogP contribution in [0.3, 0.4) is 0 Å². The van der Waals surface area contributed by atoms with Crippen molar-refractivity contribution in [1.29, 1.82) is 0 Å². The Morgan fingerprint density at radius 1 is 1.27 bits per heavy atom. The van der Waals surface area contributed by atoms with Crippen LogP contribution in [0.25, 0.3) is 0 Å². The lowest BCUT2D eigenvalue weighted by molar-refractivity contribution is -0.140. The van der Waals surface area contributed by atoms with Gasteiger partial charge in [0.1, 0.15) is 0 Å². The van der Waals surface area contributed by atoms with Crippen LogP contribution >= 0.6 is 0 Å². The van der Waals surface area contributed by atoms with Crippen LogP contribution in [0.1, 0.15) is 27.2 Å². The zero-order valence-electron chi connectivity index (χ0n) is 9.11. The fourth-order valence-corrected chi connectivity index (χ4v) is 1.06. The van der Waals surface area contributed by atoms with Crippen LogP contribution in [-0.4, -0.2) is 30.7 Å². The zero-order valence-corrected chi connectivity index (χ0v) is 9.11. The molecule has 0 spiro atoms. The van der Waals surface area contributed by atoms with E-state index in [4.69, 9.17) is 0 Å². The highest BCUT2D eigenvalue weighted by Crippen LogP contribution is 2.20. The standard InChI is InChI=1S/C9H17F3N2O/c1-6(2)14-8(15)5-13-7(3)4-9(10,11)12/h6-7,13H,4-5H2,1-3H3,(H,14,15). The van der Waals surface area contributed by atoms with Crippen LogP contribution in [0.4, 0.5) is 13.2 Å². The van der Waals surface area contributed by atoms with Crippen LogP contribution in [0, 0.1) is 0 Å². The summed E-state index contributed by atoms with van der Waals surface area (Å²) in [6.07, 6.45) is -5.12. The van der Waals surface area contributed by atoms with Crippen LogP contribution < -0.4 is 10.6 Å². The van der Waals surface area contributed by atoms with E-state index in [0.29, 0.717) is 0 Å². The van der Waals surface area contributed by atoms with E-state index < -0.39 is 18.6 Å². The number of halogens is 3. The summed E-state index contributed by atoms with van der Waals surface area (Å²) in [5, 5.41) is 5.09. The molecular weight excluding hydrogens is 209 g/mol. The van der Waals surface area contributed by atoms with E-state index in [9.17, 15) is 18.0 Å². The first-order valence-electron chi connectivity index (χ1n) is 4.80. The summed E-state index contributed by atoms with van der Waals surface area (Å²) in [6.45, 7) is 4.89. The molecule has 15 heavy (non-hydrogen) atoms. The molecule has 0 bridgehead atoms. The fraction of sp³-hybridized carbons (Fsp3) is 0.889. The summed E-state index contributed by atoms with van der Waals surface area (Å²) in [6, 6.07) is -0.750. The van der Waals surface area contributed by atoms with E-state index in [-0.39, 0.29) is 18.5 Å². The average Bonchev–Trinajstić information content (AvgIpc) is 1.96. The SMILES string of the molecule is CC(C)NC(=O)CNC(C)CC(F)(F)F. The number of carbonyl (C=O) groups excluding carboxylic acids is 1. The molecule has 0 saturated heterocycles. The molecule has 0 aromatic carbocycles. The highest BCUT2D eigenvalue weighted by atomic mass is 19.4. The van der Waals surface area contributed by atoms with E-state index in [2.05, 4.69) is 10.6 Å². The molecule has 1 unspecified atom stereocenters. The molecule has 1 amide bonds. The smallest absolute Gasteiger partial charge is 0.353 e. The van der Waals surface area contributed by atoms with Crippen LogP contribution in [0.2, 0.25) is 0 Å². The number of nitrogens with one attached hydrogen (secondary N) is 2. The number of alkyl halides is 3. The largest absolute Gasteiger partial charge is 0.390 e. The van der Waals surface area contributed by atoms with Gasteiger partial charge in [-0.15, -0.1) is 0 Å². The predicted octanol–water partition coefficient (Wildman–Crippen LogP) is 1.44. The Hall–Kier alpha value is -0.780. The first-order chi connectivity index (χ1) is 6.70. The summed E-state index contributed by atoms with van der Waals surface area (Å²) in [7, 11) is 0. The molecule has 0 saturated carbocycles. The first-order valence-corrected chi connectivity index (χ1v) is 4.80. The lowest BCUT2D eigenvalue weighted by Gasteiger charge is -2.16. The van der Waals surface area contributed by atoms with Gasteiger partial charge in [-0.25, -0.2) is 0 Å². The molecule has 0 radical (unpaired) electrons.